The normalized spacial score (nSPS) is 23.8. The van der Waals surface area contributed by atoms with Crippen LogP contribution in [0.2, 0.25) is 0 Å². The van der Waals surface area contributed by atoms with Gasteiger partial charge in [0, 0.05) is 0 Å². The van der Waals surface area contributed by atoms with E-state index in [1.807, 2.05) is 13.8 Å². The number of hydrogen-bond acceptors (Lipinski definition) is 3. The summed E-state index contributed by atoms with van der Waals surface area (Å²) in [6.45, 7) is 4.61. The van der Waals surface area contributed by atoms with Gasteiger partial charge in [-0.2, -0.15) is 0 Å². The summed E-state index contributed by atoms with van der Waals surface area (Å²) in [6.07, 6.45) is 4.75. The lowest BCUT2D eigenvalue weighted by atomic mass is 9.98. The largest absolute Gasteiger partial charge is 0.480 e. The van der Waals surface area contributed by atoms with E-state index >= 15 is 0 Å². The molecule has 1 rings (SSSR count). The molecule has 1 amide bonds. The molecule has 1 fully saturated rings. The topological polar surface area (TPSA) is 78.4 Å². The Morgan fingerprint density at radius 1 is 1.39 bits per heavy atom. The molecule has 3 N–H and O–H groups in total. The summed E-state index contributed by atoms with van der Waals surface area (Å²) >= 11 is 0. The average molecular weight is 256 g/mol. The number of carbonyl (C=O) groups excluding carboxylic acids is 1. The summed E-state index contributed by atoms with van der Waals surface area (Å²) in [4.78, 5) is 23.2. The highest BCUT2D eigenvalue weighted by molar-refractivity contribution is 5.87. The quantitative estimate of drug-likeness (QED) is 0.689. The van der Waals surface area contributed by atoms with Crippen LogP contribution in [0.5, 0.6) is 0 Å². The second-order valence-corrected chi connectivity index (χ2v) is 5.07. The minimum atomic E-state index is -0.952. The van der Waals surface area contributed by atoms with Gasteiger partial charge in [0.2, 0.25) is 5.91 Å². The summed E-state index contributed by atoms with van der Waals surface area (Å²) in [5, 5.41) is 15.0. The predicted octanol–water partition coefficient (Wildman–Crippen LogP) is 1.13. The standard InChI is InChI=1S/C13H24N2O3/c1-3-9(2)11(13(17)18)15-12(16)10-7-5-4-6-8-14-10/h9-11,14H,3-8H2,1-2H3,(H,15,16)(H,17,18)/t9-,10?,11-/m0/s1. The molecular weight excluding hydrogens is 232 g/mol. The summed E-state index contributed by atoms with van der Waals surface area (Å²) in [7, 11) is 0. The van der Waals surface area contributed by atoms with Gasteiger partial charge in [0.05, 0.1) is 6.04 Å². The molecule has 0 spiro atoms. The number of hydrogen-bond donors (Lipinski definition) is 3. The number of carboxylic acid groups (broad SMARTS) is 1. The van der Waals surface area contributed by atoms with Crippen LogP contribution >= 0.6 is 0 Å². The highest BCUT2D eigenvalue weighted by Crippen LogP contribution is 2.11. The third-order valence-corrected chi connectivity index (χ3v) is 3.65. The number of carbonyl (C=O) groups is 2. The SMILES string of the molecule is CC[C@H](C)[C@H](NC(=O)C1CCCCCN1)C(=O)O. The smallest absolute Gasteiger partial charge is 0.326 e. The first-order valence-electron chi connectivity index (χ1n) is 6.82. The van der Waals surface area contributed by atoms with Crippen LogP contribution in [0.4, 0.5) is 0 Å². The van der Waals surface area contributed by atoms with Crippen LogP contribution in [0.15, 0.2) is 0 Å². The number of nitrogens with one attached hydrogen (secondary N) is 2. The van der Waals surface area contributed by atoms with E-state index in [-0.39, 0.29) is 17.9 Å². The molecule has 1 aliphatic heterocycles. The van der Waals surface area contributed by atoms with Crippen molar-refractivity contribution in [2.75, 3.05) is 6.54 Å². The fourth-order valence-electron chi connectivity index (χ4n) is 2.19. The minimum absolute atomic E-state index is 0.0581. The molecule has 0 bridgehead atoms. The van der Waals surface area contributed by atoms with Crippen molar-refractivity contribution in [2.45, 2.75) is 58.0 Å². The minimum Gasteiger partial charge on any atom is -0.480 e. The van der Waals surface area contributed by atoms with Gasteiger partial charge in [-0.1, -0.05) is 33.1 Å². The van der Waals surface area contributed by atoms with E-state index in [0.717, 1.165) is 38.6 Å². The molecule has 1 heterocycles. The van der Waals surface area contributed by atoms with Gasteiger partial charge in [-0.05, 0) is 25.3 Å². The van der Waals surface area contributed by atoms with Crippen LogP contribution in [0.3, 0.4) is 0 Å². The molecule has 1 saturated heterocycles. The lowest BCUT2D eigenvalue weighted by Gasteiger charge is -2.23. The van der Waals surface area contributed by atoms with Crippen molar-refractivity contribution in [3.8, 4) is 0 Å². The fraction of sp³-hybridized carbons (Fsp3) is 0.846. The highest BCUT2D eigenvalue weighted by atomic mass is 16.4. The van der Waals surface area contributed by atoms with Crippen LogP contribution in [0.1, 0.15) is 46.0 Å². The van der Waals surface area contributed by atoms with Gasteiger partial charge < -0.3 is 15.7 Å². The van der Waals surface area contributed by atoms with Crippen molar-refractivity contribution in [1.82, 2.24) is 10.6 Å². The van der Waals surface area contributed by atoms with E-state index in [1.165, 1.54) is 0 Å². The average Bonchev–Trinajstić information content (AvgIpc) is 2.63. The van der Waals surface area contributed by atoms with E-state index in [4.69, 9.17) is 5.11 Å². The zero-order valence-corrected chi connectivity index (χ0v) is 11.2. The van der Waals surface area contributed by atoms with Crippen molar-refractivity contribution >= 4 is 11.9 Å². The molecular formula is C13H24N2O3. The summed E-state index contributed by atoms with van der Waals surface area (Å²) in [5.74, 6) is -1.19. The summed E-state index contributed by atoms with van der Waals surface area (Å²) < 4.78 is 0. The molecule has 5 nitrogen and oxygen atoms in total. The van der Waals surface area contributed by atoms with Gasteiger partial charge in [-0.25, -0.2) is 4.79 Å². The van der Waals surface area contributed by atoms with Crippen LogP contribution in [-0.2, 0) is 9.59 Å². The highest BCUT2D eigenvalue weighted by Gasteiger charge is 2.28. The molecule has 0 radical (unpaired) electrons. The number of rotatable bonds is 5. The molecule has 1 unspecified atom stereocenters. The zero-order valence-electron chi connectivity index (χ0n) is 11.2. The molecule has 0 aromatic heterocycles. The number of carboxylic acids is 1. The molecule has 0 aromatic rings. The zero-order chi connectivity index (χ0) is 13.5. The molecule has 104 valence electrons. The Labute approximate surface area is 108 Å². The van der Waals surface area contributed by atoms with Crippen LogP contribution in [0.25, 0.3) is 0 Å². The molecule has 0 aromatic carbocycles. The van der Waals surface area contributed by atoms with Crippen molar-refractivity contribution in [1.29, 1.82) is 0 Å². The Morgan fingerprint density at radius 2 is 2.11 bits per heavy atom. The molecule has 0 saturated carbocycles. The van der Waals surface area contributed by atoms with Crippen LogP contribution < -0.4 is 10.6 Å². The van der Waals surface area contributed by atoms with E-state index in [0.29, 0.717) is 0 Å². The first-order valence-corrected chi connectivity index (χ1v) is 6.82. The van der Waals surface area contributed by atoms with E-state index in [2.05, 4.69) is 10.6 Å². The van der Waals surface area contributed by atoms with Crippen molar-refractivity contribution in [3.63, 3.8) is 0 Å². The Morgan fingerprint density at radius 3 is 2.72 bits per heavy atom. The maximum absolute atomic E-state index is 12.0. The van der Waals surface area contributed by atoms with Crippen LogP contribution in [0, 0.1) is 5.92 Å². The van der Waals surface area contributed by atoms with Crippen molar-refractivity contribution in [2.24, 2.45) is 5.92 Å². The number of amides is 1. The van der Waals surface area contributed by atoms with E-state index in [9.17, 15) is 9.59 Å². The van der Waals surface area contributed by atoms with Gasteiger partial charge in [-0.15, -0.1) is 0 Å². The maximum Gasteiger partial charge on any atom is 0.326 e. The molecule has 1 aliphatic rings. The Hall–Kier alpha value is -1.10. The van der Waals surface area contributed by atoms with Crippen molar-refractivity contribution in [3.05, 3.63) is 0 Å². The van der Waals surface area contributed by atoms with E-state index in [1.54, 1.807) is 0 Å². The third-order valence-electron chi connectivity index (χ3n) is 3.65. The molecule has 18 heavy (non-hydrogen) atoms. The lowest BCUT2D eigenvalue weighted by molar-refractivity contribution is -0.143. The molecule has 3 atom stereocenters. The molecule has 0 aliphatic carbocycles. The number of aliphatic carboxylic acids is 1. The van der Waals surface area contributed by atoms with Crippen LogP contribution in [-0.4, -0.2) is 35.6 Å². The third kappa shape index (κ3) is 4.29. The van der Waals surface area contributed by atoms with E-state index < -0.39 is 12.0 Å². The second-order valence-electron chi connectivity index (χ2n) is 5.07. The second kappa shape index (κ2) is 7.36. The molecule has 5 heteroatoms. The summed E-state index contributed by atoms with van der Waals surface area (Å²) in [6, 6.07) is -1.02. The monoisotopic (exact) mass is 256 g/mol. The lowest BCUT2D eigenvalue weighted by Crippen LogP contribution is -2.52. The van der Waals surface area contributed by atoms with Gasteiger partial charge in [0.15, 0.2) is 0 Å². The van der Waals surface area contributed by atoms with Gasteiger partial charge in [-0.3, -0.25) is 4.79 Å². The predicted molar refractivity (Wildman–Crippen MR) is 69.3 cm³/mol. The Balaban J connectivity index is 2.56. The van der Waals surface area contributed by atoms with Crippen molar-refractivity contribution < 1.29 is 14.7 Å². The first-order chi connectivity index (χ1) is 8.56. The maximum atomic E-state index is 12.0. The van der Waals surface area contributed by atoms with Gasteiger partial charge in [0.1, 0.15) is 6.04 Å². The fourth-order valence-corrected chi connectivity index (χ4v) is 2.19. The van der Waals surface area contributed by atoms with Gasteiger partial charge in [0.25, 0.3) is 0 Å². The Kier molecular flexibility index (Phi) is 6.12. The van der Waals surface area contributed by atoms with Gasteiger partial charge >= 0.3 is 5.97 Å². The summed E-state index contributed by atoms with van der Waals surface area (Å²) in [5.41, 5.74) is 0. The first kappa shape index (κ1) is 15.0. The Bertz CT molecular complexity index is 286.